The second-order valence-corrected chi connectivity index (χ2v) is 3.84. The lowest BCUT2D eigenvalue weighted by Crippen LogP contribution is -2.41. The van der Waals surface area contributed by atoms with Crippen LogP contribution in [0.2, 0.25) is 0 Å². The number of nitrogens with one attached hydrogen (secondary N) is 1. The van der Waals surface area contributed by atoms with Gasteiger partial charge in [-0.3, -0.25) is 4.79 Å². The molecule has 0 aliphatic carbocycles. The van der Waals surface area contributed by atoms with Crippen molar-refractivity contribution in [2.24, 2.45) is 0 Å². The molecule has 0 radical (unpaired) electrons. The number of aliphatic hydroxyl groups excluding tert-OH is 1. The van der Waals surface area contributed by atoms with Gasteiger partial charge in [0.05, 0.1) is 0 Å². The van der Waals surface area contributed by atoms with Crippen molar-refractivity contribution in [2.75, 3.05) is 6.61 Å². The van der Waals surface area contributed by atoms with Crippen molar-refractivity contribution in [1.29, 1.82) is 0 Å². The second-order valence-electron chi connectivity index (χ2n) is 3.84. The number of aliphatic carboxylic acids is 1. The summed E-state index contributed by atoms with van der Waals surface area (Å²) in [5.74, 6) is -2.27. The van der Waals surface area contributed by atoms with Crippen molar-refractivity contribution >= 4 is 11.9 Å². The van der Waals surface area contributed by atoms with E-state index >= 15 is 0 Å². The Balaban J connectivity index is 2.80. The number of aryl methyl sites for hydroxylation is 1. The van der Waals surface area contributed by atoms with Gasteiger partial charge in [-0.05, 0) is 30.7 Å². The van der Waals surface area contributed by atoms with Crippen LogP contribution in [0, 0.1) is 12.7 Å². The molecule has 1 amide bonds. The van der Waals surface area contributed by atoms with E-state index in [2.05, 4.69) is 5.32 Å². The molecule has 0 aliphatic heterocycles. The van der Waals surface area contributed by atoms with Crippen LogP contribution in [-0.2, 0) is 4.79 Å². The standard InChI is InChI=1S/C12H14FNO4/c1-7-6-8(2-3-9(7)13)11(16)14-10(4-5-15)12(17)18/h2-3,6,10,15H,4-5H2,1H3,(H,14,16)(H,17,18)/t10-/m1/s1. The number of amides is 1. The lowest BCUT2D eigenvalue weighted by atomic mass is 10.1. The summed E-state index contributed by atoms with van der Waals surface area (Å²) in [7, 11) is 0. The maximum Gasteiger partial charge on any atom is 0.326 e. The Morgan fingerprint density at radius 3 is 2.61 bits per heavy atom. The van der Waals surface area contributed by atoms with Crippen molar-refractivity contribution in [2.45, 2.75) is 19.4 Å². The zero-order valence-corrected chi connectivity index (χ0v) is 9.81. The number of carboxylic acids is 1. The highest BCUT2D eigenvalue weighted by atomic mass is 19.1. The molecule has 3 N–H and O–H groups in total. The first kappa shape index (κ1) is 14.1. The molecule has 0 saturated carbocycles. The molecule has 0 aromatic heterocycles. The summed E-state index contributed by atoms with van der Waals surface area (Å²) in [6.45, 7) is 1.16. The predicted octanol–water partition coefficient (Wildman–Crippen LogP) is 0.700. The number of aliphatic hydroxyl groups is 1. The van der Waals surface area contributed by atoms with Gasteiger partial charge in [0.25, 0.3) is 5.91 Å². The van der Waals surface area contributed by atoms with Gasteiger partial charge < -0.3 is 15.5 Å². The minimum Gasteiger partial charge on any atom is -0.480 e. The van der Waals surface area contributed by atoms with Crippen LogP contribution in [-0.4, -0.2) is 34.7 Å². The molecular weight excluding hydrogens is 241 g/mol. The number of rotatable bonds is 5. The van der Waals surface area contributed by atoms with E-state index in [1.165, 1.54) is 19.1 Å². The molecule has 18 heavy (non-hydrogen) atoms. The van der Waals surface area contributed by atoms with Crippen LogP contribution in [0.3, 0.4) is 0 Å². The Hall–Kier alpha value is -1.95. The third-order valence-electron chi connectivity index (χ3n) is 2.44. The summed E-state index contributed by atoms with van der Waals surface area (Å²) in [4.78, 5) is 22.5. The van der Waals surface area contributed by atoms with Crippen molar-refractivity contribution in [3.8, 4) is 0 Å². The van der Waals surface area contributed by atoms with Crippen molar-refractivity contribution < 1.29 is 24.2 Å². The van der Waals surface area contributed by atoms with Gasteiger partial charge in [0.2, 0.25) is 0 Å². The van der Waals surface area contributed by atoms with E-state index in [1.54, 1.807) is 0 Å². The summed E-state index contributed by atoms with van der Waals surface area (Å²) in [5, 5.41) is 19.8. The minimum atomic E-state index is -1.23. The Morgan fingerprint density at radius 2 is 2.11 bits per heavy atom. The number of halogens is 1. The SMILES string of the molecule is Cc1cc(C(=O)N[C@H](CCO)C(=O)O)ccc1F. The lowest BCUT2D eigenvalue weighted by molar-refractivity contribution is -0.139. The highest BCUT2D eigenvalue weighted by Crippen LogP contribution is 2.09. The topological polar surface area (TPSA) is 86.6 Å². The molecule has 0 aliphatic rings. The van der Waals surface area contributed by atoms with E-state index in [1.807, 2.05) is 0 Å². The maximum atomic E-state index is 13.0. The van der Waals surface area contributed by atoms with E-state index in [9.17, 15) is 14.0 Å². The maximum absolute atomic E-state index is 13.0. The summed E-state index contributed by atoms with van der Waals surface area (Å²) < 4.78 is 13.0. The molecule has 6 heteroatoms. The highest BCUT2D eigenvalue weighted by molar-refractivity contribution is 5.96. The molecule has 1 atom stereocenters. The molecule has 0 bridgehead atoms. The monoisotopic (exact) mass is 255 g/mol. The quantitative estimate of drug-likeness (QED) is 0.722. The highest BCUT2D eigenvalue weighted by Gasteiger charge is 2.20. The summed E-state index contributed by atoms with van der Waals surface area (Å²) in [6.07, 6.45) is -0.0821. The van der Waals surface area contributed by atoms with E-state index in [0.717, 1.165) is 6.07 Å². The first-order valence-electron chi connectivity index (χ1n) is 5.36. The zero-order valence-electron chi connectivity index (χ0n) is 9.81. The number of carbonyl (C=O) groups is 2. The van der Waals surface area contributed by atoms with Gasteiger partial charge in [0.1, 0.15) is 11.9 Å². The molecule has 1 rings (SSSR count). The number of benzene rings is 1. The van der Waals surface area contributed by atoms with Crippen molar-refractivity contribution in [1.82, 2.24) is 5.32 Å². The molecule has 0 spiro atoms. The Bertz CT molecular complexity index is 461. The number of hydrogen-bond acceptors (Lipinski definition) is 3. The van der Waals surface area contributed by atoms with Crippen molar-refractivity contribution in [3.05, 3.63) is 35.1 Å². The molecular formula is C12H14FNO4. The Kier molecular flexibility index (Phi) is 4.79. The van der Waals surface area contributed by atoms with E-state index in [0.29, 0.717) is 5.56 Å². The largest absolute Gasteiger partial charge is 0.480 e. The normalized spacial score (nSPS) is 11.9. The Labute approximate surface area is 103 Å². The molecule has 5 nitrogen and oxygen atoms in total. The molecule has 0 saturated heterocycles. The van der Waals surface area contributed by atoms with Crippen molar-refractivity contribution in [3.63, 3.8) is 0 Å². The van der Waals surface area contributed by atoms with Gasteiger partial charge in [0.15, 0.2) is 0 Å². The van der Waals surface area contributed by atoms with E-state index < -0.39 is 23.7 Å². The third kappa shape index (κ3) is 3.53. The predicted molar refractivity (Wildman–Crippen MR) is 61.7 cm³/mol. The zero-order chi connectivity index (χ0) is 13.7. The molecule has 1 aromatic rings. The number of carbonyl (C=O) groups excluding carboxylic acids is 1. The molecule has 98 valence electrons. The third-order valence-corrected chi connectivity index (χ3v) is 2.44. The average molecular weight is 255 g/mol. The van der Waals surface area contributed by atoms with Crippen LogP contribution in [0.15, 0.2) is 18.2 Å². The van der Waals surface area contributed by atoms with Gasteiger partial charge in [-0.1, -0.05) is 0 Å². The molecule has 0 heterocycles. The van der Waals surface area contributed by atoms with E-state index in [-0.39, 0.29) is 18.6 Å². The fraction of sp³-hybridized carbons (Fsp3) is 0.333. The first-order chi connectivity index (χ1) is 8.45. The second kappa shape index (κ2) is 6.11. The van der Waals surface area contributed by atoms with Gasteiger partial charge in [-0.15, -0.1) is 0 Å². The molecule has 0 fully saturated rings. The summed E-state index contributed by atoms with van der Waals surface area (Å²) in [6, 6.07) is 2.59. The van der Waals surface area contributed by atoms with Gasteiger partial charge in [-0.2, -0.15) is 0 Å². The van der Waals surface area contributed by atoms with Crippen LogP contribution in [0.4, 0.5) is 4.39 Å². The van der Waals surface area contributed by atoms with Crippen LogP contribution < -0.4 is 5.32 Å². The van der Waals surface area contributed by atoms with Crippen LogP contribution in [0.1, 0.15) is 22.3 Å². The number of carboxylic acid groups (broad SMARTS) is 1. The fourth-order valence-corrected chi connectivity index (χ4v) is 1.41. The Morgan fingerprint density at radius 1 is 1.44 bits per heavy atom. The number of hydrogen-bond donors (Lipinski definition) is 3. The van der Waals surface area contributed by atoms with Gasteiger partial charge in [0, 0.05) is 18.6 Å². The molecule has 1 aromatic carbocycles. The fourth-order valence-electron chi connectivity index (χ4n) is 1.41. The summed E-state index contributed by atoms with van der Waals surface area (Å²) >= 11 is 0. The van der Waals surface area contributed by atoms with Crippen LogP contribution >= 0.6 is 0 Å². The van der Waals surface area contributed by atoms with Crippen LogP contribution in [0.5, 0.6) is 0 Å². The minimum absolute atomic E-state index is 0.0821. The van der Waals surface area contributed by atoms with Crippen LogP contribution in [0.25, 0.3) is 0 Å². The summed E-state index contributed by atoms with van der Waals surface area (Å²) in [5.41, 5.74) is 0.481. The average Bonchev–Trinajstić information content (AvgIpc) is 2.31. The van der Waals surface area contributed by atoms with E-state index in [4.69, 9.17) is 10.2 Å². The molecule has 0 unspecified atom stereocenters. The first-order valence-corrected chi connectivity index (χ1v) is 5.36. The lowest BCUT2D eigenvalue weighted by Gasteiger charge is -2.13. The van der Waals surface area contributed by atoms with Gasteiger partial charge in [-0.25, -0.2) is 9.18 Å². The smallest absolute Gasteiger partial charge is 0.326 e. The van der Waals surface area contributed by atoms with Gasteiger partial charge >= 0.3 is 5.97 Å².